The highest BCUT2D eigenvalue weighted by molar-refractivity contribution is 8.40. The van der Waals surface area contributed by atoms with E-state index in [2.05, 4.69) is 0 Å². The lowest BCUT2D eigenvalue weighted by molar-refractivity contribution is -0.0505. The van der Waals surface area contributed by atoms with Crippen molar-refractivity contribution < 1.29 is 43.2 Å². The molecular weight excluding hydrogens is 408 g/mol. The fraction of sp³-hybridized carbons (Fsp3) is 1.00. The maximum absolute atomic E-state index is 12.7. The van der Waals surface area contributed by atoms with Crippen LogP contribution < -0.4 is 0 Å². The first-order valence-electron chi connectivity index (χ1n) is 6.57. The van der Waals surface area contributed by atoms with Crippen LogP contribution in [0.5, 0.6) is 0 Å². The highest BCUT2D eigenvalue weighted by Crippen LogP contribution is 2.54. The summed E-state index contributed by atoms with van der Waals surface area (Å²) in [6, 6.07) is 0. The van der Waals surface area contributed by atoms with Crippen LogP contribution in [0.25, 0.3) is 0 Å². The Hall–Kier alpha value is -0.210. The van der Waals surface area contributed by atoms with E-state index in [1.807, 2.05) is 6.92 Å². The van der Waals surface area contributed by atoms with Gasteiger partial charge in [0.2, 0.25) is 0 Å². The maximum Gasteiger partial charge on any atom is 0.513 e. The fourth-order valence-corrected chi connectivity index (χ4v) is 9.93. The summed E-state index contributed by atoms with van der Waals surface area (Å²) < 4.78 is 121. The van der Waals surface area contributed by atoms with Crippen LogP contribution in [-0.2, 0) is 20.0 Å². The first kappa shape index (κ1) is 23.8. The molecule has 0 aliphatic rings. The van der Waals surface area contributed by atoms with Crippen molar-refractivity contribution >= 4 is 30.3 Å². The molecule has 0 radical (unpaired) electrons. The zero-order valence-corrected chi connectivity index (χ0v) is 15.6. The Morgan fingerprint density at radius 1 is 0.750 bits per heavy atom. The second-order valence-corrected chi connectivity index (χ2v) is 13.3. The molecule has 0 N–H and O–H groups in total. The number of nitrogens with zero attached hydrogens (tertiary/aromatic N) is 1. The van der Waals surface area contributed by atoms with Gasteiger partial charge in [-0.2, -0.15) is 36.6 Å². The Morgan fingerprint density at radius 2 is 1.12 bits per heavy atom. The largest absolute Gasteiger partial charge is 0.513 e. The third-order valence-corrected chi connectivity index (χ3v) is 11.7. The Balaban J connectivity index is 6.11. The summed E-state index contributed by atoms with van der Waals surface area (Å²) in [7, 11) is -16.9. The molecule has 0 aromatic carbocycles. The van der Waals surface area contributed by atoms with Crippen molar-refractivity contribution in [3.8, 4) is 0 Å². The van der Waals surface area contributed by atoms with Crippen molar-refractivity contribution in [1.82, 2.24) is 3.12 Å². The molecule has 0 amide bonds. The molecule has 0 aromatic heterocycles. The van der Waals surface area contributed by atoms with Crippen molar-refractivity contribution in [2.24, 2.45) is 0 Å². The van der Waals surface area contributed by atoms with Crippen LogP contribution in [0.15, 0.2) is 0 Å². The molecule has 0 unspecified atom stereocenters. The Kier molecular flexibility index (Phi) is 7.51. The number of rotatable bonds is 8. The van der Waals surface area contributed by atoms with Gasteiger partial charge in [0, 0.05) is 0 Å². The molecule has 0 aliphatic carbocycles. The standard InChI is InChI=1S/C10H19F6NO4S3/c1-4-5-6-7-8-22(2,3)17(23(18,19)9(11,12)13)24(20,21)10(14,15)16/h4-8H2,1-3H3. The van der Waals surface area contributed by atoms with Gasteiger partial charge in [0.15, 0.2) is 0 Å². The third-order valence-electron chi connectivity index (χ3n) is 2.88. The Bertz CT molecular complexity index is 580. The van der Waals surface area contributed by atoms with Crippen molar-refractivity contribution in [3.63, 3.8) is 0 Å². The van der Waals surface area contributed by atoms with Gasteiger partial charge in [-0.1, -0.05) is 26.2 Å². The monoisotopic (exact) mass is 427 g/mol. The molecule has 0 heterocycles. The van der Waals surface area contributed by atoms with Gasteiger partial charge >= 0.3 is 31.1 Å². The van der Waals surface area contributed by atoms with E-state index in [0.717, 1.165) is 18.9 Å². The van der Waals surface area contributed by atoms with Gasteiger partial charge in [0.05, 0.1) is 0 Å². The van der Waals surface area contributed by atoms with Crippen LogP contribution in [0.2, 0.25) is 0 Å². The highest BCUT2D eigenvalue weighted by atomic mass is 32.4. The molecule has 0 saturated carbocycles. The van der Waals surface area contributed by atoms with Gasteiger partial charge < -0.3 is 0 Å². The second-order valence-electron chi connectivity index (χ2n) is 5.31. The van der Waals surface area contributed by atoms with E-state index in [4.69, 9.17) is 0 Å². The summed E-state index contributed by atoms with van der Waals surface area (Å²) >= 11 is 0. The van der Waals surface area contributed by atoms with Crippen molar-refractivity contribution in [2.45, 2.75) is 43.6 Å². The summed E-state index contributed by atoms with van der Waals surface area (Å²) in [6.45, 7) is 1.81. The van der Waals surface area contributed by atoms with E-state index in [-0.39, 0.29) is 6.42 Å². The first-order chi connectivity index (χ1) is 10.4. The molecule has 0 bridgehead atoms. The van der Waals surface area contributed by atoms with E-state index in [1.165, 1.54) is 0 Å². The first-order valence-corrected chi connectivity index (χ1v) is 12.0. The average Bonchev–Trinajstić information content (AvgIpc) is 2.30. The number of halogens is 6. The minimum absolute atomic E-state index is 0.105. The molecule has 0 spiro atoms. The van der Waals surface area contributed by atoms with Gasteiger partial charge in [0.25, 0.3) is 0 Å². The van der Waals surface area contributed by atoms with Crippen LogP contribution in [0.1, 0.15) is 32.6 Å². The minimum Gasteiger partial charge on any atom is -0.201 e. The Labute approximate surface area is 138 Å². The van der Waals surface area contributed by atoms with Crippen molar-refractivity contribution in [2.75, 3.05) is 18.3 Å². The number of alkyl halides is 6. The molecule has 148 valence electrons. The molecule has 5 nitrogen and oxygen atoms in total. The summed E-state index contributed by atoms with van der Waals surface area (Å²) in [5.74, 6) is -0.405. The summed E-state index contributed by atoms with van der Waals surface area (Å²) in [4.78, 5) is 0. The molecule has 0 atom stereocenters. The molecule has 14 heteroatoms. The fourth-order valence-electron chi connectivity index (χ4n) is 1.79. The Morgan fingerprint density at radius 3 is 1.42 bits per heavy atom. The zero-order chi connectivity index (χ0) is 19.6. The third kappa shape index (κ3) is 5.14. The predicted molar refractivity (Wildman–Crippen MR) is 80.2 cm³/mol. The number of hydrogen-bond acceptors (Lipinski definition) is 4. The van der Waals surface area contributed by atoms with E-state index in [1.54, 1.807) is 0 Å². The predicted octanol–water partition coefficient (Wildman–Crippen LogP) is 3.55. The summed E-state index contributed by atoms with van der Waals surface area (Å²) in [5, 5.41) is 0. The van der Waals surface area contributed by atoms with E-state index in [0.29, 0.717) is 12.8 Å². The topological polar surface area (TPSA) is 71.5 Å². The minimum atomic E-state index is -6.72. The molecule has 0 rings (SSSR count). The van der Waals surface area contributed by atoms with Crippen LogP contribution in [0, 0.1) is 0 Å². The van der Waals surface area contributed by atoms with Gasteiger partial charge in [-0.15, -0.1) is 0 Å². The van der Waals surface area contributed by atoms with E-state index in [9.17, 15) is 43.2 Å². The maximum atomic E-state index is 12.7. The van der Waals surface area contributed by atoms with Crippen LogP contribution in [0.3, 0.4) is 0 Å². The normalized spacial score (nSPS) is 15.8. The van der Waals surface area contributed by atoms with Crippen LogP contribution in [-0.4, -0.2) is 49.2 Å². The SMILES string of the molecule is CCCCCCS(C)(C)N(S(=O)(=O)C(F)(F)F)S(=O)(=O)C(F)(F)F. The number of sulfonamides is 2. The molecule has 0 saturated heterocycles. The van der Waals surface area contributed by atoms with Crippen LogP contribution >= 0.6 is 10.2 Å². The van der Waals surface area contributed by atoms with Gasteiger partial charge in [-0.05, 0) is 27.8 Å². The lowest BCUT2D eigenvalue weighted by Gasteiger charge is -2.40. The van der Waals surface area contributed by atoms with Gasteiger partial charge in [-0.25, -0.2) is 16.8 Å². The molecular formula is C10H19F6NO4S3. The zero-order valence-electron chi connectivity index (χ0n) is 13.1. The number of unbranched alkanes of at least 4 members (excludes halogenated alkanes) is 3. The molecule has 0 aliphatic heterocycles. The van der Waals surface area contributed by atoms with Crippen molar-refractivity contribution in [1.29, 1.82) is 0 Å². The lowest BCUT2D eigenvalue weighted by atomic mass is 10.2. The molecule has 24 heavy (non-hydrogen) atoms. The molecule has 0 fully saturated rings. The smallest absolute Gasteiger partial charge is 0.201 e. The summed E-state index contributed by atoms with van der Waals surface area (Å²) in [5.41, 5.74) is -12.3. The average molecular weight is 427 g/mol. The highest BCUT2D eigenvalue weighted by Gasteiger charge is 2.64. The molecule has 0 aromatic rings. The number of hydrogen-bond donors (Lipinski definition) is 0. The van der Waals surface area contributed by atoms with Crippen LogP contribution in [0.4, 0.5) is 26.3 Å². The van der Waals surface area contributed by atoms with Gasteiger partial charge in [-0.3, -0.25) is 0 Å². The van der Waals surface area contributed by atoms with Gasteiger partial charge in [0.1, 0.15) is 0 Å². The second kappa shape index (κ2) is 7.58. The van der Waals surface area contributed by atoms with E-state index < -0.39 is 50.1 Å². The lowest BCUT2D eigenvalue weighted by Crippen LogP contribution is -2.50. The van der Waals surface area contributed by atoms with E-state index >= 15 is 0 Å². The quantitative estimate of drug-likeness (QED) is 0.439. The van der Waals surface area contributed by atoms with Crippen molar-refractivity contribution in [3.05, 3.63) is 0 Å². The summed E-state index contributed by atoms with van der Waals surface area (Å²) in [6.07, 6.45) is 3.48.